The Kier molecular flexibility index (Phi) is 11.2. The Balaban J connectivity index is 3.40. The van der Waals surface area contributed by atoms with Crippen LogP contribution >= 0.6 is 23.2 Å². The maximum absolute atomic E-state index is 11.0. The van der Waals surface area contributed by atoms with Crippen LogP contribution < -0.4 is 0 Å². The summed E-state index contributed by atoms with van der Waals surface area (Å²) in [6.07, 6.45) is 7.82. The number of hydrogen-bond acceptors (Lipinski definition) is 2. The largest absolute Gasteiger partial charge is 0.469 e. The fourth-order valence-corrected chi connectivity index (χ4v) is 2.26. The number of carbonyl (C=O) groups excluding carboxylic acids is 1. The highest BCUT2D eigenvalue weighted by Gasteiger charge is 2.11. The van der Waals surface area contributed by atoms with Gasteiger partial charge in [-0.05, 0) is 19.3 Å². The Hall–Kier alpha value is 0.0500. The van der Waals surface area contributed by atoms with Crippen LogP contribution in [0.2, 0.25) is 0 Å². The van der Waals surface area contributed by atoms with Crippen molar-refractivity contribution in [1.29, 1.82) is 0 Å². The zero-order chi connectivity index (χ0) is 13.1. The summed E-state index contributed by atoms with van der Waals surface area (Å²) >= 11 is 12.2. The maximum Gasteiger partial charge on any atom is 0.307 e. The van der Waals surface area contributed by atoms with E-state index in [4.69, 9.17) is 23.2 Å². The molecule has 0 N–H and O–H groups in total. The molecule has 0 aliphatic rings. The first-order valence-corrected chi connectivity index (χ1v) is 7.32. The van der Waals surface area contributed by atoms with Crippen molar-refractivity contribution in [2.24, 2.45) is 0 Å². The number of methoxy groups -OCH3 is 1. The fourth-order valence-electron chi connectivity index (χ4n) is 1.67. The molecular weight excluding hydrogens is 259 g/mol. The third-order valence-electron chi connectivity index (χ3n) is 2.77. The molecule has 0 amide bonds. The van der Waals surface area contributed by atoms with Crippen molar-refractivity contribution in [2.75, 3.05) is 7.11 Å². The lowest BCUT2D eigenvalue weighted by molar-refractivity contribution is -0.140. The van der Waals surface area contributed by atoms with Crippen LogP contribution in [0.3, 0.4) is 0 Å². The second kappa shape index (κ2) is 11.2. The molecule has 0 saturated heterocycles. The molecule has 0 bridgehead atoms. The molecule has 2 nitrogen and oxygen atoms in total. The molecule has 0 aromatic rings. The van der Waals surface area contributed by atoms with Crippen molar-refractivity contribution in [3.05, 3.63) is 0 Å². The molecule has 17 heavy (non-hydrogen) atoms. The molecule has 0 aromatic carbocycles. The summed E-state index contributed by atoms with van der Waals surface area (Å²) in [4.78, 5) is 11.0. The zero-order valence-electron chi connectivity index (χ0n) is 10.9. The first-order valence-electron chi connectivity index (χ1n) is 6.45. The number of hydrogen-bond donors (Lipinski definition) is 0. The second-order valence-corrected chi connectivity index (χ2v) is 5.64. The third-order valence-corrected chi connectivity index (χ3v) is 3.58. The van der Waals surface area contributed by atoms with Crippen molar-refractivity contribution in [3.8, 4) is 0 Å². The van der Waals surface area contributed by atoms with Crippen LogP contribution in [0.1, 0.15) is 58.3 Å². The van der Waals surface area contributed by atoms with Gasteiger partial charge >= 0.3 is 5.97 Å². The number of carbonyl (C=O) groups is 1. The molecule has 2 unspecified atom stereocenters. The molecule has 0 saturated carbocycles. The molecule has 0 aliphatic carbocycles. The highest BCUT2D eigenvalue weighted by Crippen LogP contribution is 2.18. The van der Waals surface area contributed by atoms with E-state index in [9.17, 15) is 4.79 Å². The molecule has 0 rings (SSSR count). The number of unbranched alkanes of at least 4 members (excludes halogenated alkanes) is 2. The summed E-state index contributed by atoms with van der Waals surface area (Å²) in [7, 11) is 1.39. The second-order valence-electron chi connectivity index (χ2n) is 4.40. The Morgan fingerprint density at radius 1 is 1.06 bits per heavy atom. The molecule has 0 aliphatic heterocycles. The third kappa shape index (κ3) is 10.9. The van der Waals surface area contributed by atoms with Crippen LogP contribution in [0.25, 0.3) is 0 Å². The monoisotopic (exact) mass is 282 g/mol. The molecule has 2 atom stereocenters. The minimum Gasteiger partial charge on any atom is -0.469 e. The van der Waals surface area contributed by atoms with Gasteiger partial charge in [0.1, 0.15) is 0 Å². The minimum absolute atomic E-state index is 0.105. The Labute approximate surface area is 115 Å². The van der Waals surface area contributed by atoms with Crippen LogP contribution in [0.15, 0.2) is 0 Å². The quantitative estimate of drug-likeness (QED) is 0.335. The Morgan fingerprint density at radius 2 is 1.59 bits per heavy atom. The summed E-state index contributed by atoms with van der Waals surface area (Å²) in [6, 6.07) is 0. The summed E-state index contributed by atoms with van der Waals surface area (Å²) in [5.74, 6) is -0.233. The molecule has 0 fully saturated rings. The summed E-state index contributed by atoms with van der Waals surface area (Å²) in [6.45, 7) is 2.18. The first-order chi connectivity index (χ1) is 8.10. The number of alkyl halides is 2. The van der Waals surface area contributed by atoms with Gasteiger partial charge in [-0.25, -0.2) is 0 Å². The fraction of sp³-hybridized carbons (Fsp3) is 0.923. The van der Waals surface area contributed by atoms with E-state index in [-0.39, 0.29) is 11.3 Å². The average molecular weight is 283 g/mol. The lowest BCUT2D eigenvalue weighted by Gasteiger charge is -2.10. The van der Waals surface area contributed by atoms with Crippen LogP contribution in [-0.2, 0) is 9.53 Å². The van der Waals surface area contributed by atoms with E-state index in [1.165, 1.54) is 20.0 Å². The van der Waals surface area contributed by atoms with Crippen molar-refractivity contribution >= 4 is 29.2 Å². The van der Waals surface area contributed by atoms with E-state index in [0.717, 1.165) is 32.1 Å². The molecule has 0 spiro atoms. The summed E-state index contributed by atoms with van der Waals surface area (Å²) < 4.78 is 4.57. The molecule has 0 aromatic heterocycles. The number of halogens is 2. The SMILES string of the molecule is CCCCC(Cl)CCCCC(Cl)CC(=O)OC. The van der Waals surface area contributed by atoms with Crippen molar-refractivity contribution in [3.63, 3.8) is 0 Å². The van der Waals surface area contributed by atoms with Crippen molar-refractivity contribution < 1.29 is 9.53 Å². The molecule has 0 heterocycles. The van der Waals surface area contributed by atoms with Gasteiger partial charge < -0.3 is 4.74 Å². The van der Waals surface area contributed by atoms with Crippen LogP contribution in [0.5, 0.6) is 0 Å². The van der Waals surface area contributed by atoms with E-state index >= 15 is 0 Å². The lowest BCUT2D eigenvalue weighted by atomic mass is 10.1. The van der Waals surface area contributed by atoms with Crippen molar-refractivity contribution in [2.45, 2.75) is 69.0 Å². The Bertz CT molecular complexity index is 198. The molecular formula is C13H24Cl2O2. The van der Waals surface area contributed by atoms with Crippen LogP contribution in [0.4, 0.5) is 0 Å². The van der Waals surface area contributed by atoms with Gasteiger partial charge in [-0.15, -0.1) is 23.2 Å². The average Bonchev–Trinajstić information content (AvgIpc) is 2.31. The van der Waals surface area contributed by atoms with Crippen LogP contribution in [-0.4, -0.2) is 23.8 Å². The predicted octanol–water partition coefficient (Wildman–Crippen LogP) is 4.51. The smallest absolute Gasteiger partial charge is 0.307 e. The number of rotatable bonds is 10. The molecule has 4 heteroatoms. The lowest BCUT2D eigenvalue weighted by Crippen LogP contribution is -2.09. The van der Waals surface area contributed by atoms with Crippen molar-refractivity contribution in [1.82, 2.24) is 0 Å². The normalized spacial score (nSPS) is 14.4. The highest BCUT2D eigenvalue weighted by atomic mass is 35.5. The first kappa shape index (κ1) is 17.1. The Morgan fingerprint density at radius 3 is 2.12 bits per heavy atom. The maximum atomic E-state index is 11.0. The van der Waals surface area contributed by atoms with Gasteiger partial charge in [0.15, 0.2) is 0 Å². The van der Waals surface area contributed by atoms with E-state index in [0.29, 0.717) is 11.8 Å². The van der Waals surface area contributed by atoms with Gasteiger partial charge in [0, 0.05) is 10.8 Å². The van der Waals surface area contributed by atoms with Gasteiger partial charge in [-0.1, -0.05) is 32.6 Å². The van der Waals surface area contributed by atoms with Gasteiger partial charge in [-0.3, -0.25) is 4.79 Å². The standard InChI is InChI=1S/C13H24Cl2O2/c1-3-4-7-11(14)8-5-6-9-12(15)10-13(16)17-2/h11-12H,3-10H2,1-2H3. The van der Waals surface area contributed by atoms with E-state index in [2.05, 4.69) is 11.7 Å². The minimum atomic E-state index is -0.233. The van der Waals surface area contributed by atoms with E-state index in [1.54, 1.807) is 0 Å². The van der Waals surface area contributed by atoms with Gasteiger partial charge in [0.05, 0.1) is 13.5 Å². The molecule has 102 valence electrons. The summed E-state index contributed by atoms with van der Waals surface area (Å²) in [5, 5.41) is 0.191. The molecule has 0 radical (unpaired) electrons. The predicted molar refractivity (Wildman–Crippen MR) is 73.9 cm³/mol. The highest BCUT2D eigenvalue weighted by molar-refractivity contribution is 6.21. The number of esters is 1. The van der Waals surface area contributed by atoms with E-state index in [1.807, 2.05) is 0 Å². The topological polar surface area (TPSA) is 26.3 Å². The summed E-state index contributed by atoms with van der Waals surface area (Å²) in [5.41, 5.74) is 0. The van der Waals surface area contributed by atoms with Crippen LogP contribution in [0, 0.1) is 0 Å². The van der Waals surface area contributed by atoms with E-state index < -0.39 is 0 Å². The van der Waals surface area contributed by atoms with Gasteiger partial charge in [0.2, 0.25) is 0 Å². The van der Waals surface area contributed by atoms with Gasteiger partial charge in [0.25, 0.3) is 0 Å². The van der Waals surface area contributed by atoms with Gasteiger partial charge in [-0.2, -0.15) is 0 Å². The zero-order valence-corrected chi connectivity index (χ0v) is 12.4. The number of ether oxygens (including phenoxy) is 1.